The fourth-order valence-corrected chi connectivity index (χ4v) is 3.01. The minimum atomic E-state index is -0.244. The Morgan fingerprint density at radius 3 is 2.82 bits per heavy atom. The third-order valence-corrected chi connectivity index (χ3v) is 4.39. The van der Waals surface area contributed by atoms with E-state index in [1.165, 1.54) is 0 Å². The number of nitrogens with one attached hydrogen (secondary N) is 1. The molecule has 1 amide bonds. The first-order valence-electron chi connectivity index (χ1n) is 7.69. The van der Waals surface area contributed by atoms with Gasteiger partial charge in [-0.3, -0.25) is 18.9 Å². The van der Waals surface area contributed by atoms with Gasteiger partial charge in [-0.15, -0.1) is 0 Å². The number of likely N-dealkylation sites (tertiary alicyclic amines) is 1. The van der Waals surface area contributed by atoms with Gasteiger partial charge in [-0.05, 0) is 13.1 Å². The summed E-state index contributed by atoms with van der Waals surface area (Å²) in [7, 11) is 0. The molecule has 22 heavy (non-hydrogen) atoms. The molecule has 7 nitrogen and oxygen atoms in total. The smallest absolute Gasteiger partial charge is 0.291 e. The Kier molecular flexibility index (Phi) is 3.98. The number of rotatable bonds is 5. The number of likely N-dealkylation sites (N-methyl/N-ethyl adjacent to an activating group) is 1. The molecule has 2 aromatic heterocycles. The number of fused-ring (bicyclic) bond motifs is 1. The summed E-state index contributed by atoms with van der Waals surface area (Å²) in [5, 5.41) is 0. The van der Waals surface area contributed by atoms with Gasteiger partial charge in [0, 0.05) is 37.7 Å². The maximum atomic E-state index is 12.3. The number of hydrogen-bond acceptors (Lipinski definition) is 4. The fourth-order valence-electron chi connectivity index (χ4n) is 3.01. The van der Waals surface area contributed by atoms with Gasteiger partial charge in [-0.25, -0.2) is 4.98 Å². The zero-order valence-corrected chi connectivity index (χ0v) is 13.0. The largest absolute Gasteiger partial charge is 0.339 e. The molecule has 1 N–H and O–H groups in total. The van der Waals surface area contributed by atoms with E-state index in [2.05, 4.69) is 28.7 Å². The van der Waals surface area contributed by atoms with Crippen molar-refractivity contribution in [2.24, 2.45) is 0 Å². The Hall–Kier alpha value is -2.15. The van der Waals surface area contributed by atoms with Crippen LogP contribution in [0.3, 0.4) is 0 Å². The number of hydrogen-bond donors (Lipinski definition) is 1. The minimum Gasteiger partial charge on any atom is -0.339 e. The van der Waals surface area contributed by atoms with E-state index in [0.717, 1.165) is 31.9 Å². The number of imidazole rings is 1. The summed E-state index contributed by atoms with van der Waals surface area (Å²) >= 11 is 0. The van der Waals surface area contributed by atoms with Crippen molar-refractivity contribution in [2.75, 3.05) is 26.2 Å². The molecule has 0 saturated carbocycles. The molecule has 0 aromatic carbocycles. The summed E-state index contributed by atoms with van der Waals surface area (Å²) in [6.07, 6.45) is 5.16. The molecule has 0 aliphatic carbocycles. The molecule has 118 valence electrons. The Morgan fingerprint density at radius 1 is 1.41 bits per heavy atom. The van der Waals surface area contributed by atoms with Crippen LogP contribution in [0.15, 0.2) is 23.4 Å². The summed E-state index contributed by atoms with van der Waals surface area (Å²) in [5.41, 5.74) is 0.832. The van der Waals surface area contributed by atoms with Gasteiger partial charge >= 0.3 is 0 Å². The lowest BCUT2D eigenvalue weighted by molar-refractivity contribution is -0.137. The van der Waals surface area contributed by atoms with Gasteiger partial charge in [0.25, 0.3) is 5.56 Å². The van der Waals surface area contributed by atoms with Gasteiger partial charge in [-0.1, -0.05) is 13.8 Å². The van der Waals surface area contributed by atoms with Crippen LogP contribution in [0, 0.1) is 0 Å². The van der Waals surface area contributed by atoms with Crippen molar-refractivity contribution >= 4 is 11.6 Å². The van der Waals surface area contributed by atoms with Gasteiger partial charge in [0.15, 0.2) is 0 Å². The second kappa shape index (κ2) is 5.92. The van der Waals surface area contributed by atoms with Gasteiger partial charge in [0.2, 0.25) is 11.6 Å². The quantitative estimate of drug-likeness (QED) is 0.851. The van der Waals surface area contributed by atoms with Crippen LogP contribution in [-0.2, 0) is 11.2 Å². The summed E-state index contributed by atoms with van der Waals surface area (Å²) in [5.74, 6) is 0.0884. The molecule has 7 heteroatoms. The van der Waals surface area contributed by atoms with Crippen molar-refractivity contribution in [3.8, 4) is 0 Å². The molecule has 1 aliphatic rings. The first kappa shape index (κ1) is 14.8. The Bertz CT molecular complexity index is 725. The van der Waals surface area contributed by atoms with Crippen molar-refractivity contribution < 1.29 is 4.79 Å². The van der Waals surface area contributed by atoms with Gasteiger partial charge in [0.05, 0.1) is 12.1 Å². The second-order valence-corrected chi connectivity index (χ2v) is 5.58. The van der Waals surface area contributed by atoms with Crippen molar-refractivity contribution in [2.45, 2.75) is 26.3 Å². The standard InChI is InChI=1S/C15H21N5O2/c1-3-18(4-2)12-9-19(10-12)13(21)7-11-8-17-14-15(22)16-5-6-20(11)14/h5-6,8,12H,3-4,7,9-10H2,1-2H3,(H,16,22). The first-order valence-corrected chi connectivity index (χ1v) is 7.69. The molecule has 0 atom stereocenters. The number of nitrogens with zero attached hydrogens (tertiary/aromatic N) is 4. The first-order chi connectivity index (χ1) is 10.6. The Balaban J connectivity index is 1.65. The fraction of sp³-hybridized carbons (Fsp3) is 0.533. The number of aromatic amines is 1. The number of carbonyl (C=O) groups excluding carboxylic acids is 1. The van der Waals surface area contributed by atoms with E-state index in [0.29, 0.717) is 11.7 Å². The average Bonchev–Trinajstić information content (AvgIpc) is 2.86. The van der Waals surface area contributed by atoms with Crippen LogP contribution in [0.25, 0.3) is 5.65 Å². The second-order valence-electron chi connectivity index (χ2n) is 5.58. The van der Waals surface area contributed by atoms with Crippen molar-refractivity contribution in [3.05, 3.63) is 34.6 Å². The number of carbonyl (C=O) groups is 1. The molecule has 1 fully saturated rings. The maximum absolute atomic E-state index is 12.3. The molecule has 3 heterocycles. The number of H-pyrrole nitrogens is 1. The molecular formula is C15H21N5O2. The highest BCUT2D eigenvalue weighted by Gasteiger charge is 2.33. The molecule has 3 rings (SSSR count). The third-order valence-electron chi connectivity index (χ3n) is 4.39. The van der Waals surface area contributed by atoms with Crippen LogP contribution < -0.4 is 5.56 Å². The van der Waals surface area contributed by atoms with E-state index >= 15 is 0 Å². The summed E-state index contributed by atoms with van der Waals surface area (Å²) in [6, 6.07) is 0.476. The van der Waals surface area contributed by atoms with Crippen LogP contribution in [0.4, 0.5) is 0 Å². The van der Waals surface area contributed by atoms with Crippen LogP contribution in [-0.4, -0.2) is 62.3 Å². The topological polar surface area (TPSA) is 73.7 Å². The maximum Gasteiger partial charge on any atom is 0.291 e. The molecule has 0 bridgehead atoms. The van der Waals surface area contributed by atoms with Crippen LogP contribution in [0.2, 0.25) is 0 Å². The molecular weight excluding hydrogens is 282 g/mol. The van der Waals surface area contributed by atoms with E-state index < -0.39 is 0 Å². The minimum absolute atomic E-state index is 0.0884. The highest BCUT2D eigenvalue weighted by atomic mass is 16.2. The van der Waals surface area contributed by atoms with Crippen molar-refractivity contribution in [3.63, 3.8) is 0 Å². The van der Waals surface area contributed by atoms with Crippen molar-refractivity contribution in [1.82, 2.24) is 24.2 Å². The average molecular weight is 303 g/mol. The molecule has 0 radical (unpaired) electrons. The summed E-state index contributed by atoms with van der Waals surface area (Å²) in [6.45, 7) is 7.89. The number of amides is 1. The molecule has 2 aromatic rings. The molecule has 1 aliphatic heterocycles. The predicted molar refractivity (Wildman–Crippen MR) is 82.8 cm³/mol. The van der Waals surface area contributed by atoms with Crippen LogP contribution in [0.5, 0.6) is 0 Å². The Morgan fingerprint density at radius 2 is 2.14 bits per heavy atom. The van der Waals surface area contributed by atoms with E-state index in [1.807, 2.05) is 4.90 Å². The molecule has 1 saturated heterocycles. The van der Waals surface area contributed by atoms with E-state index in [4.69, 9.17) is 0 Å². The lowest BCUT2D eigenvalue weighted by Gasteiger charge is -2.45. The van der Waals surface area contributed by atoms with Gasteiger partial charge in [0.1, 0.15) is 0 Å². The number of aromatic nitrogens is 3. The lowest BCUT2D eigenvalue weighted by Crippen LogP contribution is -2.61. The molecule has 0 spiro atoms. The SMILES string of the molecule is CCN(CC)C1CN(C(=O)Cc2cnc3c(=O)[nH]ccn23)C1. The highest BCUT2D eigenvalue weighted by Crippen LogP contribution is 2.16. The van der Waals surface area contributed by atoms with E-state index in [1.54, 1.807) is 23.0 Å². The Labute approximate surface area is 128 Å². The summed E-state index contributed by atoms with van der Waals surface area (Å²) < 4.78 is 1.68. The normalized spacial score (nSPS) is 15.5. The predicted octanol–water partition coefficient (Wildman–Crippen LogP) is 0.118. The lowest BCUT2D eigenvalue weighted by atomic mass is 10.1. The van der Waals surface area contributed by atoms with Gasteiger partial charge in [-0.2, -0.15) is 0 Å². The van der Waals surface area contributed by atoms with Gasteiger partial charge < -0.3 is 9.88 Å². The zero-order valence-electron chi connectivity index (χ0n) is 13.0. The third kappa shape index (κ3) is 2.52. The zero-order chi connectivity index (χ0) is 15.7. The van der Waals surface area contributed by atoms with Crippen LogP contribution >= 0.6 is 0 Å². The highest BCUT2D eigenvalue weighted by molar-refractivity contribution is 5.79. The van der Waals surface area contributed by atoms with E-state index in [-0.39, 0.29) is 17.9 Å². The summed E-state index contributed by atoms with van der Waals surface area (Å²) in [4.78, 5) is 34.9. The molecule has 0 unspecified atom stereocenters. The van der Waals surface area contributed by atoms with E-state index in [9.17, 15) is 9.59 Å². The van der Waals surface area contributed by atoms with Crippen LogP contribution in [0.1, 0.15) is 19.5 Å². The monoisotopic (exact) mass is 303 g/mol. The van der Waals surface area contributed by atoms with Crippen molar-refractivity contribution in [1.29, 1.82) is 0 Å².